The lowest BCUT2D eigenvalue weighted by molar-refractivity contribution is 0.536. The van der Waals surface area contributed by atoms with Crippen LogP contribution < -0.4 is 10.0 Å². The second kappa shape index (κ2) is 8.07. The molecule has 0 aliphatic heterocycles. The van der Waals surface area contributed by atoms with Gasteiger partial charge in [0, 0.05) is 12.6 Å². The van der Waals surface area contributed by atoms with Gasteiger partial charge in [0.15, 0.2) is 0 Å². The molecule has 0 bridgehead atoms. The van der Waals surface area contributed by atoms with Crippen LogP contribution in [0.2, 0.25) is 5.02 Å². The van der Waals surface area contributed by atoms with Crippen LogP contribution >= 0.6 is 24.0 Å². The number of benzene rings is 1. The zero-order valence-corrected chi connectivity index (χ0v) is 13.6. The largest absolute Gasteiger partial charge is 0.313 e. The molecule has 7 heteroatoms. The van der Waals surface area contributed by atoms with Crippen molar-refractivity contribution in [3.05, 3.63) is 28.8 Å². The van der Waals surface area contributed by atoms with Gasteiger partial charge < -0.3 is 5.32 Å². The maximum absolute atomic E-state index is 12.1. The van der Waals surface area contributed by atoms with Crippen molar-refractivity contribution in [3.63, 3.8) is 0 Å². The van der Waals surface area contributed by atoms with E-state index in [-0.39, 0.29) is 28.4 Å². The molecule has 0 spiro atoms. The van der Waals surface area contributed by atoms with E-state index in [9.17, 15) is 8.42 Å². The van der Waals surface area contributed by atoms with Gasteiger partial charge >= 0.3 is 0 Å². The van der Waals surface area contributed by atoms with E-state index in [0.29, 0.717) is 6.54 Å². The summed E-state index contributed by atoms with van der Waals surface area (Å²) in [5, 5.41) is 3.38. The van der Waals surface area contributed by atoms with E-state index < -0.39 is 10.0 Å². The maximum atomic E-state index is 12.1. The second-order valence-electron chi connectivity index (χ2n) is 4.24. The van der Waals surface area contributed by atoms with Crippen molar-refractivity contribution < 1.29 is 8.42 Å². The summed E-state index contributed by atoms with van der Waals surface area (Å²) in [5.74, 6) is 0. The third-order valence-electron chi connectivity index (χ3n) is 2.51. The van der Waals surface area contributed by atoms with Crippen LogP contribution in [0.4, 0.5) is 0 Å². The monoisotopic (exact) mass is 326 g/mol. The third kappa shape index (κ3) is 5.67. The summed E-state index contributed by atoms with van der Waals surface area (Å²) in [5.41, 5.74) is 0.861. The molecule has 0 saturated heterocycles. The van der Waals surface area contributed by atoms with Gasteiger partial charge in [0.1, 0.15) is 4.90 Å². The normalized spacial score (nSPS) is 12.8. The summed E-state index contributed by atoms with van der Waals surface area (Å²) >= 11 is 5.92. The molecule has 0 saturated carbocycles. The molecule has 1 atom stereocenters. The molecule has 0 radical (unpaired) electrons. The van der Waals surface area contributed by atoms with Crippen LogP contribution in [0.1, 0.15) is 19.4 Å². The minimum absolute atomic E-state index is 0. The molecule has 0 aromatic heterocycles. The zero-order chi connectivity index (χ0) is 13.8. The third-order valence-corrected chi connectivity index (χ3v) is 4.41. The first-order valence-electron chi connectivity index (χ1n) is 5.86. The molecule has 1 aromatic carbocycles. The number of rotatable bonds is 6. The van der Waals surface area contributed by atoms with Gasteiger partial charge in [-0.05, 0) is 38.1 Å². The van der Waals surface area contributed by atoms with Crippen molar-refractivity contribution in [3.8, 4) is 0 Å². The summed E-state index contributed by atoms with van der Waals surface area (Å²) in [7, 11) is -3.55. The van der Waals surface area contributed by atoms with Crippen LogP contribution in [-0.2, 0) is 10.0 Å². The molecule has 0 amide bonds. The number of hydrogen-bond acceptors (Lipinski definition) is 3. The molecule has 0 heterocycles. The highest BCUT2D eigenvalue weighted by Gasteiger charge is 2.18. The number of sulfonamides is 1. The average molecular weight is 327 g/mol. The van der Waals surface area contributed by atoms with Gasteiger partial charge in [-0.2, -0.15) is 0 Å². The fourth-order valence-electron chi connectivity index (χ4n) is 1.55. The minimum Gasteiger partial charge on any atom is -0.313 e. The number of nitrogens with one attached hydrogen (secondary N) is 2. The number of likely N-dealkylation sites (N-methyl/N-ethyl adjacent to an activating group) is 1. The fraction of sp³-hybridized carbons (Fsp3) is 0.500. The molecule has 2 N–H and O–H groups in total. The fourth-order valence-corrected chi connectivity index (χ4v) is 3.26. The Bertz CT molecular complexity index is 506. The summed E-state index contributed by atoms with van der Waals surface area (Å²) in [4.78, 5) is 0.132. The van der Waals surface area contributed by atoms with E-state index in [1.807, 2.05) is 20.8 Å². The van der Waals surface area contributed by atoms with E-state index >= 15 is 0 Å². The summed E-state index contributed by atoms with van der Waals surface area (Å²) in [6.45, 7) is 6.86. The van der Waals surface area contributed by atoms with Crippen LogP contribution in [0.3, 0.4) is 0 Å². The van der Waals surface area contributed by atoms with E-state index in [2.05, 4.69) is 10.0 Å². The first-order valence-corrected chi connectivity index (χ1v) is 7.72. The van der Waals surface area contributed by atoms with Crippen molar-refractivity contribution in [2.24, 2.45) is 0 Å². The Morgan fingerprint density at radius 3 is 2.58 bits per heavy atom. The SMILES string of the molecule is CCN[C@H](C)CNS(=O)(=O)c1cc(C)ccc1Cl.Cl. The molecular weight excluding hydrogens is 307 g/mol. The van der Waals surface area contributed by atoms with E-state index in [4.69, 9.17) is 11.6 Å². The maximum Gasteiger partial charge on any atom is 0.242 e. The molecule has 0 fully saturated rings. The van der Waals surface area contributed by atoms with Gasteiger partial charge in [-0.15, -0.1) is 12.4 Å². The van der Waals surface area contributed by atoms with Gasteiger partial charge in [0.2, 0.25) is 10.0 Å². The first-order chi connectivity index (χ1) is 8.36. The highest BCUT2D eigenvalue weighted by Crippen LogP contribution is 2.22. The smallest absolute Gasteiger partial charge is 0.242 e. The number of halogens is 2. The van der Waals surface area contributed by atoms with Crippen molar-refractivity contribution in [2.75, 3.05) is 13.1 Å². The van der Waals surface area contributed by atoms with Crippen LogP contribution in [0, 0.1) is 6.92 Å². The van der Waals surface area contributed by atoms with E-state index in [1.165, 1.54) is 0 Å². The Labute approximate surface area is 126 Å². The lowest BCUT2D eigenvalue weighted by Gasteiger charge is -2.14. The Balaban J connectivity index is 0.00000324. The quantitative estimate of drug-likeness (QED) is 0.843. The zero-order valence-electron chi connectivity index (χ0n) is 11.2. The second-order valence-corrected chi connectivity index (χ2v) is 6.39. The number of aryl methyl sites for hydroxylation is 1. The Kier molecular flexibility index (Phi) is 7.93. The molecule has 0 aliphatic rings. The van der Waals surface area contributed by atoms with Gasteiger partial charge in [-0.25, -0.2) is 13.1 Å². The van der Waals surface area contributed by atoms with Gasteiger partial charge in [-0.3, -0.25) is 0 Å². The van der Waals surface area contributed by atoms with E-state index in [0.717, 1.165) is 12.1 Å². The standard InChI is InChI=1S/C12H19ClN2O2S.ClH/c1-4-14-10(3)8-15-18(16,17)12-7-9(2)5-6-11(12)13;/h5-7,10,14-15H,4,8H2,1-3H3;1H/t10-;/m1./s1. The summed E-state index contributed by atoms with van der Waals surface area (Å²) in [6, 6.07) is 5.03. The van der Waals surface area contributed by atoms with Crippen molar-refractivity contribution in [2.45, 2.75) is 31.7 Å². The highest BCUT2D eigenvalue weighted by atomic mass is 35.5. The van der Waals surface area contributed by atoms with Crippen LogP contribution in [0.25, 0.3) is 0 Å². The average Bonchev–Trinajstić information content (AvgIpc) is 2.30. The summed E-state index contributed by atoms with van der Waals surface area (Å²) in [6.07, 6.45) is 0. The number of hydrogen-bond donors (Lipinski definition) is 2. The molecule has 1 rings (SSSR count). The predicted molar refractivity (Wildman–Crippen MR) is 81.8 cm³/mol. The van der Waals surface area contributed by atoms with Crippen LogP contribution in [0.15, 0.2) is 23.1 Å². The Morgan fingerprint density at radius 1 is 1.37 bits per heavy atom. The van der Waals surface area contributed by atoms with Crippen molar-refractivity contribution in [1.29, 1.82) is 0 Å². The molecule has 110 valence electrons. The Morgan fingerprint density at radius 2 is 2.00 bits per heavy atom. The van der Waals surface area contributed by atoms with Crippen molar-refractivity contribution in [1.82, 2.24) is 10.0 Å². The minimum atomic E-state index is -3.55. The van der Waals surface area contributed by atoms with Crippen molar-refractivity contribution >= 4 is 34.0 Å². The van der Waals surface area contributed by atoms with Gasteiger partial charge in [-0.1, -0.05) is 24.6 Å². The Hall–Kier alpha value is -0.330. The predicted octanol–water partition coefficient (Wildman–Crippen LogP) is 2.35. The summed E-state index contributed by atoms with van der Waals surface area (Å²) < 4.78 is 26.7. The highest BCUT2D eigenvalue weighted by molar-refractivity contribution is 7.89. The van der Waals surface area contributed by atoms with Crippen LogP contribution in [-0.4, -0.2) is 27.5 Å². The lowest BCUT2D eigenvalue weighted by atomic mass is 10.2. The van der Waals surface area contributed by atoms with Gasteiger partial charge in [0.05, 0.1) is 5.02 Å². The molecule has 0 unspecified atom stereocenters. The molecule has 19 heavy (non-hydrogen) atoms. The van der Waals surface area contributed by atoms with Crippen LogP contribution in [0.5, 0.6) is 0 Å². The molecule has 4 nitrogen and oxygen atoms in total. The topological polar surface area (TPSA) is 58.2 Å². The van der Waals surface area contributed by atoms with E-state index in [1.54, 1.807) is 18.2 Å². The lowest BCUT2D eigenvalue weighted by Crippen LogP contribution is -2.38. The molecule has 1 aromatic rings. The first kappa shape index (κ1) is 18.7. The molecule has 0 aliphatic carbocycles. The molecular formula is C12H20Cl2N2O2S. The van der Waals surface area contributed by atoms with Gasteiger partial charge in [0.25, 0.3) is 0 Å².